The Morgan fingerprint density at radius 1 is 0.730 bits per heavy atom. The summed E-state index contributed by atoms with van der Waals surface area (Å²) in [7, 11) is -8.85. The van der Waals surface area contributed by atoms with E-state index in [2.05, 4.69) is 20.5 Å². The van der Waals surface area contributed by atoms with E-state index >= 15 is 0 Å². The van der Waals surface area contributed by atoms with Crippen molar-refractivity contribution in [1.29, 1.82) is 0 Å². The lowest BCUT2D eigenvalue weighted by atomic mass is 10.0. The van der Waals surface area contributed by atoms with E-state index in [-0.39, 0.29) is 32.7 Å². The van der Waals surface area contributed by atoms with Crippen LogP contribution in [0.4, 0.5) is 34.1 Å². The van der Waals surface area contributed by atoms with Crippen LogP contribution >= 0.6 is 0 Å². The minimum atomic E-state index is -4.92. The van der Waals surface area contributed by atoms with Crippen molar-refractivity contribution in [2.75, 3.05) is 11.5 Å². The molecule has 0 aliphatic heterocycles. The number of nitrogen functional groups attached to an aromatic ring is 2. The topological polar surface area (TPSA) is 236 Å². The summed E-state index contributed by atoms with van der Waals surface area (Å²) >= 11 is 0. The van der Waals surface area contributed by atoms with Gasteiger partial charge >= 0.3 is 0 Å². The third kappa shape index (κ3) is 5.54. The van der Waals surface area contributed by atoms with Gasteiger partial charge < -0.3 is 16.6 Å². The predicted octanol–water partition coefficient (Wildman–Crippen LogP) is 4.43. The van der Waals surface area contributed by atoms with Crippen LogP contribution in [0.2, 0.25) is 0 Å². The maximum Gasteiger partial charge on any atom is 0.296 e. The number of nitrogens with zero attached hydrogens (tertiary/aromatic N) is 4. The lowest BCUT2D eigenvalue weighted by Gasteiger charge is -2.12. The maximum absolute atomic E-state index is 12.2. The SMILES string of the molecule is Nc1ccc(N=Nc2ccc(N)c3c(O)c(N=Nc4ccc(S(N)(=O)=O)cc4)c(S(=O)(=O)O)cc23)cc1. The molecule has 0 aromatic heterocycles. The van der Waals surface area contributed by atoms with Crippen LogP contribution in [0, 0.1) is 0 Å². The van der Waals surface area contributed by atoms with Crippen LogP contribution in [-0.2, 0) is 20.1 Å². The molecule has 8 N–H and O–H groups in total. The molecule has 37 heavy (non-hydrogen) atoms. The first-order chi connectivity index (χ1) is 17.3. The number of hydrogen-bond donors (Lipinski definition) is 5. The second-order valence-electron chi connectivity index (χ2n) is 7.67. The first-order valence-electron chi connectivity index (χ1n) is 10.2. The Hall–Kier alpha value is -4.44. The Labute approximate surface area is 210 Å². The van der Waals surface area contributed by atoms with Crippen LogP contribution in [0.15, 0.2) is 97.0 Å². The molecule has 0 fully saturated rings. The fraction of sp³-hybridized carbons (Fsp3) is 0. The molecule has 0 saturated carbocycles. The second-order valence-corrected chi connectivity index (χ2v) is 10.6. The van der Waals surface area contributed by atoms with Crippen LogP contribution in [-0.4, -0.2) is 26.5 Å². The van der Waals surface area contributed by atoms with Gasteiger partial charge in [-0.25, -0.2) is 13.6 Å². The summed E-state index contributed by atoms with van der Waals surface area (Å²) in [4.78, 5) is -0.941. The summed E-state index contributed by atoms with van der Waals surface area (Å²) < 4.78 is 57.1. The zero-order valence-corrected chi connectivity index (χ0v) is 20.3. The number of phenolic OH excluding ortho intramolecular Hbond substituents is 1. The van der Waals surface area contributed by atoms with Gasteiger partial charge in [-0.2, -0.15) is 18.6 Å². The number of nitrogens with two attached hydrogens (primary N) is 3. The Kier molecular flexibility index (Phi) is 6.62. The largest absolute Gasteiger partial charge is 0.505 e. The minimum absolute atomic E-state index is 0.000297. The molecule has 0 unspecified atom stereocenters. The van der Waals surface area contributed by atoms with Crippen molar-refractivity contribution in [3.63, 3.8) is 0 Å². The van der Waals surface area contributed by atoms with Crippen LogP contribution in [0.5, 0.6) is 5.75 Å². The number of benzene rings is 4. The highest BCUT2D eigenvalue weighted by atomic mass is 32.2. The number of aromatic hydroxyl groups is 1. The van der Waals surface area contributed by atoms with Crippen molar-refractivity contribution in [2.45, 2.75) is 9.79 Å². The fourth-order valence-electron chi connectivity index (χ4n) is 3.31. The van der Waals surface area contributed by atoms with Gasteiger partial charge in [-0.05, 0) is 66.7 Å². The fourth-order valence-corrected chi connectivity index (χ4v) is 4.48. The molecular weight excluding hydrogens is 522 g/mol. The third-order valence-corrected chi connectivity index (χ3v) is 6.90. The van der Waals surface area contributed by atoms with E-state index in [1.165, 1.54) is 36.4 Å². The van der Waals surface area contributed by atoms with Crippen LogP contribution in [0.25, 0.3) is 10.8 Å². The highest BCUT2D eigenvalue weighted by Gasteiger charge is 2.24. The van der Waals surface area contributed by atoms with E-state index in [9.17, 15) is 26.5 Å². The molecule has 0 radical (unpaired) electrons. The van der Waals surface area contributed by atoms with Crippen molar-refractivity contribution >= 4 is 65.0 Å². The van der Waals surface area contributed by atoms with Gasteiger partial charge in [0.1, 0.15) is 10.6 Å². The number of primary sulfonamides is 1. The molecule has 4 rings (SSSR count). The molecule has 4 aromatic rings. The molecular formula is C22H19N7O6S2. The Bertz CT molecular complexity index is 1790. The number of fused-ring (bicyclic) bond motifs is 1. The second kappa shape index (κ2) is 9.55. The average Bonchev–Trinajstić information content (AvgIpc) is 2.83. The minimum Gasteiger partial charge on any atom is -0.505 e. The van der Waals surface area contributed by atoms with E-state index in [0.717, 1.165) is 6.07 Å². The number of anilines is 2. The number of sulfonamides is 1. The Morgan fingerprint density at radius 2 is 1.30 bits per heavy atom. The van der Waals surface area contributed by atoms with Crippen molar-refractivity contribution < 1.29 is 26.5 Å². The molecule has 4 aromatic carbocycles. The van der Waals surface area contributed by atoms with Gasteiger partial charge in [-0.15, -0.1) is 10.2 Å². The molecule has 0 heterocycles. The van der Waals surface area contributed by atoms with Crippen molar-refractivity contribution in [2.24, 2.45) is 25.6 Å². The Morgan fingerprint density at radius 3 is 1.86 bits per heavy atom. The normalized spacial score (nSPS) is 12.6. The van der Waals surface area contributed by atoms with E-state index < -0.39 is 36.5 Å². The molecule has 0 amide bonds. The van der Waals surface area contributed by atoms with Gasteiger partial charge in [0, 0.05) is 16.8 Å². The summed E-state index contributed by atoms with van der Waals surface area (Å²) in [5.74, 6) is -0.683. The summed E-state index contributed by atoms with van der Waals surface area (Å²) in [6.45, 7) is 0. The molecule has 15 heteroatoms. The van der Waals surface area contributed by atoms with Gasteiger partial charge in [0.15, 0.2) is 5.75 Å². The van der Waals surface area contributed by atoms with E-state index in [4.69, 9.17) is 16.6 Å². The van der Waals surface area contributed by atoms with Crippen LogP contribution < -0.4 is 16.6 Å². The smallest absolute Gasteiger partial charge is 0.296 e. The Balaban J connectivity index is 1.86. The summed E-state index contributed by atoms with van der Waals surface area (Å²) in [5.41, 5.74) is 12.4. The van der Waals surface area contributed by atoms with E-state index in [1.54, 1.807) is 24.3 Å². The first-order valence-corrected chi connectivity index (χ1v) is 13.2. The molecule has 0 spiro atoms. The van der Waals surface area contributed by atoms with Gasteiger partial charge in [-0.1, -0.05) is 0 Å². The van der Waals surface area contributed by atoms with Gasteiger partial charge in [0.05, 0.1) is 27.3 Å². The van der Waals surface area contributed by atoms with Crippen molar-refractivity contribution in [3.05, 3.63) is 66.7 Å². The van der Waals surface area contributed by atoms with Gasteiger partial charge in [0.25, 0.3) is 10.1 Å². The maximum atomic E-state index is 12.2. The average molecular weight is 542 g/mol. The molecule has 13 nitrogen and oxygen atoms in total. The highest BCUT2D eigenvalue weighted by Crippen LogP contribution is 2.46. The summed E-state index contributed by atoms with van der Waals surface area (Å²) in [6.07, 6.45) is 0. The first kappa shape index (κ1) is 25.6. The van der Waals surface area contributed by atoms with E-state index in [0.29, 0.717) is 11.4 Å². The summed E-state index contributed by atoms with van der Waals surface area (Å²) in [6, 6.07) is 15.3. The van der Waals surface area contributed by atoms with Gasteiger partial charge in [-0.3, -0.25) is 4.55 Å². The van der Waals surface area contributed by atoms with Gasteiger partial charge in [0.2, 0.25) is 10.0 Å². The molecule has 0 bridgehead atoms. The van der Waals surface area contributed by atoms with E-state index in [1.807, 2.05) is 0 Å². The van der Waals surface area contributed by atoms with Crippen molar-refractivity contribution in [3.8, 4) is 5.75 Å². The molecule has 190 valence electrons. The van der Waals surface area contributed by atoms with Crippen LogP contribution in [0.3, 0.4) is 0 Å². The highest BCUT2D eigenvalue weighted by molar-refractivity contribution is 7.89. The lowest BCUT2D eigenvalue weighted by molar-refractivity contribution is 0.472. The monoisotopic (exact) mass is 541 g/mol. The predicted molar refractivity (Wildman–Crippen MR) is 137 cm³/mol. The van der Waals surface area contributed by atoms with Crippen LogP contribution in [0.1, 0.15) is 0 Å². The molecule has 0 saturated heterocycles. The number of phenols is 1. The standard InChI is InChI=1S/C22H19N7O6S2/c23-12-1-3-13(4-2-12)26-28-18-10-9-17(24)20-16(18)11-19(37(33,34)35)21(22(20)30)29-27-14-5-7-15(8-6-14)36(25,31)32/h1-11,30H,23-24H2,(H2,25,31,32)(H,33,34,35). The molecule has 0 aliphatic rings. The number of hydrogen-bond acceptors (Lipinski definition) is 11. The third-order valence-electron chi connectivity index (χ3n) is 5.10. The zero-order chi connectivity index (χ0) is 27.0. The zero-order valence-electron chi connectivity index (χ0n) is 18.7. The number of azo groups is 2. The van der Waals surface area contributed by atoms with Crippen molar-refractivity contribution in [1.82, 2.24) is 0 Å². The molecule has 0 atom stereocenters. The summed E-state index contributed by atoms with van der Waals surface area (Å²) in [5, 5.41) is 31.9. The lowest BCUT2D eigenvalue weighted by Crippen LogP contribution is -2.11. The molecule has 0 aliphatic carbocycles. The quantitative estimate of drug-likeness (QED) is 0.132. The number of rotatable bonds is 6.